The minimum atomic E-state index is -9.28. The molecule has 0 heterocycles. The third-order valence-corrected chi connectivity index (χ3v) is 3.78. The minimum Gasteiger partial charge on any atom is -0.477 e. The van der Waals surface area contributed by atoms with Crippen LogP contribution in [0.2, 0.25) is 0 Å². The summed E-state index contributed by atoms with van der Waals surface area (Å²) in [6.45, 7) is 0. The van der Waals surface area contributed by atoms with E-state index in [1.807, 2.05) is 0 Å². The summed E-state index contributed by atoms with van der Waals surface area (Å²) >= 11 is 0. The maximum absolute atomic E-state index is 13.3. The van der Waals surface area contributed by atoms with Gasteiger partial charge in [-0.05, 0) is 0 Å². The van der Waals surface area contributed by atoms with Gasteiger partial charge in [0.2, 0.25) is 7.18 Å². The molecule has 0 atom stereocenters. The third-order valence-electron chi connectivity index (χ3n) is 3.78. The van der Waals surface area contributed by atoms with Crippen LogP contribution in [-0.4, -0.2) is 70.6 Å². The summed E-state index contributed by atoms with van der Waals surface area (Å²) in [6, 6.07) is 0. The van der Waals surface area contributed by atoms with Gasteiger partial charge >= 0.3 is 65.4 Å². The first-order valence-corrected chi connectivity index (χ1v) is 7.09. The predicted octanol–water partition coefficient (Wildman–Crippen LogP) is 6.85. The molecule has 0 aromatic heterocycles. The molecule has 24 heteroatoms. The van der Waals surface area contributed by atoms with Crippen LogP contribution in [0.3, 0.4) is 0 Å². The molecule has 0 aromatic rings. The van der Waals surface area contributed by atoms with E-state index >= 15 is 0 Å². The van der Waals surface area contributed by atoms with Gasteiger partial charge in [0.25, 0.3) is 0 Å². The lowest BCUT2D eigenvalue weighted by molar-refractivity contribution is -0.473. The van der Waals surface area contributed by atoms with Gasteiger partial charge in [-0.15, -0.1) is 0 Å². The lowest BCUT2D eigenvalue weighted by Crippen LogP contribution is -2.77. The molecule has 0 unspecified atom stereocenters. The Hall–Kier alpha value is -2.07. The van der Waals surface area contributed by atoms with E-state index in [2.05, 4.69) is 7.18 Å². The van der Waals surface area contributed by atoms with Crippen LogP contribution >= 0.6 is 0 Å². The second-order valence-electron chi connectivity index (χ2n) is 5.97. The van der Waals surface area contributed by atoms with Crippen LogP contribution in [0.1, 0.15) is 0 Å². The van der Waals surface area contributed by atoms with Gasteiger partial charge in [0.05, 0.1) is 0 Å². The Bertz CT molecular complexity index is 791. The Balaban J connectivity index is 0. The highest BCUT2D eigenvalue weighted by molar-refractivity contribution is 5.77. The third kappa shape index (κ3) is 4.23. The normalized spacial score (nSPS) is 15.9. The maximum atomic E-state index is 13.3. The topological polar surface area (TPSA) is 37.3 Å². The number of hydrogen-bond acceptors (Lipinski definition) is 1. The molecule has 0 spiro atoms. The standard InChI is InChI=1S/C11HF21O2.CF/c12-2(13,1(33)34)3(14,15)4(16,17)5(18,19)6(20,21)7(22,23)8(24,25)9(26,27)10(28,29)11(30,31)32;1-2/h(H,33,34);. The highest BCUT2D eigenvalue weighted by Gasteiger charge is 2.98. The Labute approximate surface area is 180 Å². The van der Waals surface area contributed by atoms with Crippen LogP contribution in [0.25, 0.3) is 0 Å². The fourth-order valence-corrected chi connectivity index (χ4v) is 1.69. The largest absolute Gasteiger partial charge is 0.477 e. The highest BCUT2D eigenvalue weighted by Crippen LogP contribution is 2.66. The zero-order valence-corrected chi connectivity index (χ0v) is 15.2. The molecule has 0 bridgehead atoms. The monoisotopic (exact) mass is 595 g/mol. The first kappa shape index (κ1) is 36.1. The molecule has 0 amide bonds. The minimum absolute atomic E-state index is 4.25. The SMILES string of the molecule is O=C(O)C(F)(F)C(F)(F)C(F)(F)C(F)(F)C(F)(F)C(F)(F)C(F)(F)C(F)(F)C(F)(F)C(F)(F)F.[C]F. The van der Waals surface area contributed by atoms with Crippen molar-refractivity contribution in [3.63, 3.8) is 0 Å². The van der Waals surface area contributed by atoms with E-state index in [1.165, 1.54) is 0 Å². The first-order chi connectivity index (χ1) is 15.2. The summed E-state index contributed by atoms with van der Waals surface area (Å²) < 4.78 is 278. The Morgan fingerprint density at radius 3 is 0.722 bits per heavy atom. The van der Waals surface area contributed by atoms with Crippen LogP contribution in [0.5, 0.6) is 0 Å². The van der Waals surface area contributed by atoms with E-state index in [1.54, 1.807) is 0 Å². The van der Waals surface area contributed by atoms with E-state index in [9.17, 15) is 97.0 Å². The molecular weight excluding hydrogens is 594 g/mol. The van der Waals surface area contributed by atoms with Gasteiger partial charge in [-0.25, -0.2) is 9.18 Å². The molecule has 215 valence electrons. The van der Waals surface area contributed by atoms with Crippen molar-refractivity contribution in [2.24, 2.45) is 0 Å². The van der Waals surface area contributed by atoms with Gasteiger partial charge in [0.1, 0.15) is 0 Å². The van der Waals surface area contributed by atoms with Crippen molar-refractivity contribution in [3.05, 3.63) is 7.18 Å². The number of carbonyl (C=O) groups is 1. The molecule has 3 radical (unpaired) electrons. The van der Waals surface area contributed by atoms with Crippen LogP contribution in [-0.2, 0) is 4.79 Å². The van der Waals surface area contributed by atoms with Gasteiger partial charge in [-0.3, -0.25) is 0 Å². The quantitative estimate of drug-likeness (QED) is 0.296. The average Bonchev–Trinajstić information content (AvgIpc) is 2.67. The summed E-state index contributed by atoms with van der Waals surface area (Å²) in [5.74, 6) is -83.8. The van der Waals surface area contributed by atoms with Crippen molar-refractivity contribution in [3.8, 4) is 0 Å². The number of aliphatic carboxylic acids is 1. The van der Waals surface area contributed by atoms with Gasteiger partial charge < -0.3 is 5.11 Å². The van der Waals surface area contributed by atoms with Crippen LogP contribution in [0, 0.1) is 7.18 Å². The number of rotatable bonds is 9. The van der Waals surface area contributed by atoms with Gasteiger partial charge in [-0.2, -0.15) is 92.2 Å². The number of carboxylic acid groups (broad SMARTS) is 1. The van der Waals surface area contributed by atoms with Crippen molar-refractivity contribution in [1.29, 1.82) is 0 Å². The smallest absolute Gasteiger partial charge is 0.460 e. The Morgan fingerprint density at radius 2 is 0.556 bits per heavy atom. The molecule has 0 fully saturated rings. The molecule has 1 N–H and O–H groups in total. The number of alkyl halides is 21. The van der Waals surface area contributed by atoms with E-state index in [0.29, 0.717) is 0 Å². The zero-order chi connectivity index (χ0) is 30.6. The molecule has 0 aliphatic heterocycles. The van der Waals surface area contributed by atoms with Gasteiger partial charge in [-0.1, -0.05) is 0 Å². The van der Waals surface area contributed by atoms with Crippen LogP contribution in [0.15, 0.2) is 0 Å². The Morgan fingerprint density at radius 1 is 0.389 bits per heavy atom. The molecular formula is C12HF22O2. The second-order valence-corrected chi connectivity index (χ2v) is 5.97. The summed E-state index contributed by atoms with van der Waals surface area (Å²) in [5, 5.41) is 7.62. The van der Waals surface area contributed by atoms with Gasteiger partial charge in [0.15, 0.2) is 0 Å². The summed E-state index contributed by atoms with van der Waals surface area (Å²) in [6.07, 6.45) is -8.05. The van der Waals surface area contributed by atoms with Crippen molar-refractivity contribution in [2.75, 3.05) is 0 Å². The number of hydrogen-bond donors (Lipinski definition) is 1. The Kier molecular flexibility index (Phi) is 9.07. The lowest BCUT2D eigenvalue weighted by atomic mass is 9.86. The molecule has 0 rings (SSSR count). The van der Waals surface area contributed by atoms with Gasteiger partial charge in [0, 0.05) is 0 Å². The van der Waals surface area contributed by atoms with E-state index in [0.717, 1.165) is 0 Å². The average molecular weight is 595 g/mol. The molecule has 0 aliphatic carbocycles. The molecule has 0 aliphatic rings. The second kappa shape index (κ2) is 9.04. The van der Waals surface area contributed by atoms with E-state index in [4.69, 9.17) is 9.50 Å². The van der Waals surface area contributed by atoms with Crippen molar-refractivity contribution >= 4 is 5.97 Å². The molecule has 0 saturated carbocycles. The number of halogens is 22. The number of carboxylic acids is 1. The summed E-state index contributed by atoms with van der Waals surface area (Å²) in [7, 11) is 4.25. The summed E-state index contributed by atoms with van der Waals surface area (Å²) in [4.78, 5) is 9.83. The van der Waals surface area contributed by atoms with E-state index < -0.39 is 65.4 Å². The zero-order valence-electron chi connectivity index (χ0n) is 15.2. The molecule has 2 nitrogen and oxygen atoms in total. The van der Waals surface area contributed by atoms with E-state index in [-0.39, 0.29) is 0 Å². The predicted molar refractivity (Wildman–Crippen MR) is 62.6 cm³/mol. The molecule has 0 saturated heterocycles. The van der Waals surface area contributed by atoms with Crippen LogP contribution < -0.4 is 0 Å². The van der Waals surface area contributed by atoms with Crippen LogP contribution in [0.4, 0.5) is 96.6 Å². The van der Waals surface area contributed by atoms with Crippen molar-refractivity contribution < 1.29 is 106 Å². The maximum Gasteiger partial charge on any atom is 0.460 e. The highest BCUT2D eigenvalue weighted by atomic mass is 19.4. The fourth-order valence-electron chi connectivity index (χ4n) is 1.69. The summed E-state index contributed by atoms with van der Waals surface area (Å²) in [5.41, 5.74) is 0. The first-order valence-electron chi connectivity index (χ1n) is 7.09. The van der Waals surface area contributed by atoms with Crippen molar-refractivity contribution in [2.45, 2.75) is 59.5 Å². The fraction of sp³-hybridized carbons (Fsp3) is 0.833. The lowest BCUT2D eigenvalue weighted by Gasteiger charge is -2.44. The molecule has 36 heavy (non-hydrogen) atoms. The van der Waals surface area contributed by atoms with Crippen molar-refractivity contribution in [1.82, 2.24) is 0 Å². The molecule has 0 aromatic carbocycles.